The quantitative estimate of drug-likeness (QED) is 0.778. The standard InChI is InChI=1S/C15H22BrN3O2/c1-2-19-13(12(16)11-17-19)14(20)15(5-3-4-6-15)18-7-9-21-10-8-18/h11H,2-10H2,1H3. The van der Waals surface area contributed by atoms with E-state index in [0.29, 0.717) is 6.54 Å². The largest absolute Gasteiger partial charge is 0.379 e. The Labute approximate surface area is 133 Å². The molecule has 2 heterocycles. The lowest BCUT2D eigenvalue weighted by molar-refractivity contribution is -0.0134. The number of nitrogens with zero attached hydrogens (tertiary/aromatic N) is 3. The van der Waals surface area contributed by atoms with Crippen molar-refractivity contribution in [1.29, 1.82) is 0 Å². The number of carbonyl (C=O) groups excluding carboxylic acids is 1. The minimum absolute atomic E-state index is 0.230. The highest BCUT2D eigenvalue weighted by molar-refractivity contribution is 9.10. The van der Waals surface area contributed by atoms with E-state index in [0.717, 1.165) is 62.2 Å². The first-order chi connectivity index (χ1) is 10.2. The van der Waals surface area contributed by atoms with Crippen molar-refractivity contribution in [3.63, 3.8) is 0 Å². The van der Waals surface area contributed by atoms with Crippen LogP contribution < -0.4 is 0 Å². The smallest absolute Gasteiger partial charge is 0.202 e. The van der Waals surface area contributed by atoms with Crippen LogP contribution in [0.5, 0.6) is 0 Å². The summed E-state index contributed by atoms with van der Waals surface area (Å²) in [6, 6.07) is 0. The second-order valence-corrected chi connectivity index (χ2v) is 6.68. The molecular weight excluding hydrogens is 334 g/mol. The number of aryl methyl sites for hydroxylation is 1. The van der Waals surface area contributed by atoms with Crippen molar-refractivity contribution in [1.82, 2.24) is 14.7 Å². The van der Waals surface area contributed by atoms with Gasteiger partial charge in [-0.15, -0.1) is 0 Å². The van der Waals surface area contributed by atoms with Gasteiger partial charge in [-0.25, -0.2) is 0 Å². The molecule has 2 fully saturated rings. The number of hydrogen-bond acceptors (Lipinski definition) is 4. The molecule has 1 aliphatic heterocycles. The van der Waals surface area contributed by atoms with Crippen molar-refractivity contribution in [3.05, 3.63) is 16.4 Å². The topological polar surface area (TPSA) is 47.4 Å². The van der Waals surface area contributed by atoms with Gasteiger partial charge in [0, 0.05) is 19.6 Å². The minimum Gasteiger partial charge on any atom is -0.379 e. The average molecular weight is 356 g/mol. The second kappa shape index (κ2) is 6.18. The van der Waals surface area contributed by atoms with E-state index in [9.17, 15) is 4.79 Å². The van der Waals surface area contributed by atoms with Gasteiger partial charge in [0.15, 0.2) is 0 Å². The number of rotatable bonds is 4. The van der Waals surface area contributed by atoms with E-state index in [1.807, 2.05) is 11.6 Å². The number of Topliss-reactive ketones (excluding diaryl/α,β-unsaturated/α-hetero) is 1. The summed E-state index contributed by atoms with van der Waals surface area (Å²) in [5.41, 5.74) is 0.380. The molecule has 1 aliphatic carbocycles. The van der Waals surface area contributed by atoms with Crippen LogP contribution in [0.3, 0.4) is 0 Å². The lowest BCUT2D eigenvalue weighted by Gasteiger charge is -2.42. The van der Waals surface area contributed by atoms with Gasteiger partial charge in [0.05, 0.1) is 29.4 Å². The van der Waals surface area contributed by atoms with E-state index in [-0.39, 0.29) is 11.3 Å². The molecular formula is C15H22BrN3O2. The van der Waals surface area contributed by atoms with Crippen LogP contribution in [0.4, 0.5) is 0 Å². The SMILES string of the molecule is CCn1ncc(Br)c1C(=O)C1(N2CCOCC2)CCCC1. The van der Waals surface area contributed by atoms with Gasteiger partial charge in [-0.1, -0.05) is 12.8 Å². The molecule has 0 unspecified atom stereocenters. The Hall–Kier alpha value is -0.720. The molecule has 1 saturated heterocycles. The molecule has 3 rings (SSSR count). The highest BCUT2D eigenvalue weighted by atomic mass is 79.9. The second-order valence-electron chi connectivity index (χ2n) is 5.82. The monoisotopic (exact) mass is 355 g/mol. The molecule has 0 aromatic carbocycles. The van der Waals surface area contributed by atoms with Crippen LogP contribution in [-0.4, -0.2) is 52.3 Å². The van der Waals surface area contributed by atoms with Crippen molar-refractivity contribution < 1.29 is 9.53 Å². The number of aromatic nitrogens is 2. The van der Waals surface area contributed by atoms with Crippen LogP contribution in [0.25, 0.3) is 0 Å². The predicted octanol–water partition coefficient (Wildman–Crippen LogP) is 2.49. The Morgan fingerprint density at radius 2 is 2.05 bits per heavy atom. The summed E-state index contributed by atoms with van der Waals surface area (Å²) in [7, 11) is 0. The third-order valence-corrected chi connectivity index (χ3v) is 5.36. The summed E-state index contributed by atoms with van der Waals surface area (Å²) in [4.78, 5) is 15.7. The summed E-state index contributed by atoms with van der Waals surface area (Å²) >= 11 is 3.51. The lowest BCUT2D eigenvalue weighted by Crippen LogP contribution is -2.57. The van der Waals surface area contributed by atoms with Crippen LogP contribution in [0.2, 0.25) is 0 Å². The highest BCUT2D eigenvalue weighted by Crippen LogP contribution is 2.39. The zero-order valence-electron chi connectivity index (χ0n) is 12.5. The van der Waals surface area contributed by atoms with Crippen LogP contribution >= 0.6 is 15.9 Å². The van der Waals surface area contributed by atoms with Crippen molar-refractivity contribution in [2.75, 3.05) is 26.3 Å². The fourth-order valence-corrected chi connectivity index (χ4v) is 4.16. The van der Waals surface area contributed by atoms with Gasteiger partial charge in [-0.2, -0.15) is 5.10 Å². The normalized spacial score (nSPS) is 22.6. The molecule has 0 atom stereocenters. The minimum atomic E-state index is -0.348. The predicted molar refractivity (Wildman–Crippen MR) is 83.5 cm³/mol. The molecule has 1 aromatic heterocycles. The fourth-order valence-electron chi connectivity index (χ4n) is 3.69. The van der Waals surface area contributed by atoms with Gasteiger partial charge in [0.1, 0.15) is 5.69 Å². The van der Waals surface area contributed by atoms with Crippen molar-refractivity contribution in [3.8, 4) is 0 Å². The van der Waals surface area contributed by atoms with Crippen molar-refractivity contribution in [2.45, 2.75) is 44.7 Å². The molecule has 6 heteroatoms. The fraction of sp³-hybridized carbons (Fsp3) is 0.733. The van der Waals surface area contributed by atoms with E-state index in [1.165, 1.54) is 0 Å². The molecule has 2 aliphatic rings. The zero-order valence-corrected chi connectivity index (χ0v) is 14.1. The molecule has 0 N–H and O–H groups in total. The van der Waals surface area contributed by atoms with Gasteiger partial charge < -0.3 is 4.74 Å². The Balaban J connectivity index is 1.96. The molecule has 1 aromatic rings. The number of halogens is 1. The average Bonchev–Trinajstić information content (AvgIpc) is 3.15. The molecule has 0 bridgehead atoms. The Morgan fingerprint density at radius 1 is 1.38 bits per heavy atom. The van der Waals surface area contributed by atoms with E-state index >= 15 is 0 Å². The Kier molecular flexibility index (Phi) is 4.47. The van der Waals surface area contributed by atoms with E-state index in [1.54, 1.807) is 6.20 Å². The first-order valence-corrected chi connectivity index (χ1v) is 8.57. The van der Waals surface area contributed by atoms with E-state index in [2.05, 4.69) is 25.9 Å². The maximum atomic E-state index is 13.4. The van der Waals surface area contributed by atoms with E-state index < -0.39 is 0 Å². The summed E-state index contributed by atoms with van der Waals surface area (Å²) in [5, 5.41) is 4.31. The van der Waals surface area contributed by atoms with Crippen molar-refractivity contribution >= 4 is 21.7 Å². The first-order valence-electron chi connectivity index (χ1n) is 7.78. The maximum absolute atomic E-state index is 13.4. The third-order valence-electron chi connectivity index (χ3n) is 4.78. The molecule has 1 saturated carbocycles. The Morgan fingerprint density at radius 3 is 2.67 bits per heavy atom. The van der Waals surface area contributed by atoms with Gasteiger partial charge in [-0.3, -0.25) is 14.4 Å². The van der Waals surface area contributed by atoms with Gasteiger partial charge >= 0.3 is 0 Å². The zero-order chi connectivity index (χ0) is 14.9. The number of morpholine rings is 1. The van der Waals surface area contributed by atoms with E-state index in [4.69, 9.17) is 4.74 Å². The van der Waals surface area contributed by atoms with Crippen LogP contribution in [0.15, 0.2) is 10.7 Å². The highest BCUT2D eigenvalue weighted by Gasteiger charge is 2.48. The van der Waals surface area contributed by atoms with Gasteiger partial charge in [0.2, 0.25) is 5.78 Å². The molecule has 0 amide bonds. The molecule has 116 valence electrons. The molecule has 0 radical (unpaired) electrons. The molecule has 5 nitrogen and oxygen atoms in total. The van der Waals surface area contributed by atoms with Crippen LogP contribution in [-0.2, 0) is 11.3 Å². The summed E-state index contributed by atoms with van der Waals surface area (Å²) in [6.45, 7) is 5.89. The van der Waals surface area contributed by atoms with Crippen LogP contribution in [0, 0.1) is 0 Å². The third kappa shape index (κ3) is 2.58. The Bertz CT molecular complexity index is 517. The summed E-state index contributed by atoms with van der Waals surface area (Å²) in [5.74, 6) is 0.230. The van der Waals surface area contributed by atoms with Gasteiger partial charge in [0.25, 0.3) is 0 Å². The molecule has 0 spiro atoms. The molecule has 21 heavy (non-hydrogen) atoms. The van der Waals surface area contributed by atoms with Crippen LogP contribution in [0.1, 0.15) is 43.1 Å². The first kappa shape index (κ1) is 15.2. The lowest BCUT2D eigenvalue weighted by atomic mass is 9.87. The van der Waals surface area contributed by atoms with Crippen molar-refractivity contribution in [2.24, 2.45) is 0 Å². The summed E-state index contributed by atoms with van der Waals surface area (Å²) in [6.07, 6.45) is 5.89. The maximum Gasteiger partial charge on any atom is 0.202 e. The number of ketones is 1. The number of carbonyl (C=O) groups is 1. The number of ether oxygens (including phenoxy) is 1. The van der Waals surface area contributed by atoms with Gasteiger partial charge in [-0.05, 0) is 35.7 Å². The summed E-state index contributed by atoms with van der Waals surface area (Å²) < 4.78 is 8.09. The number of hydrogen-bond donors (Lipinski definition) is 0.